The van der Waals surface area contributed by atoms with Crippen molar-refractivity contribution in [2.45, 2.75) is 45.8 Å². The molecule has 0 aromatic heterocycles. The van der Waals surface area contributed by atoms with E-state index in [9.17, 15) is 0 Å². The Morgan fingerprint density at radius 1 is 1.00 bits per heavy atom. The predicted octanol–water partition coefficient (Wildman–Crippen LogP) is 3.62. The predicted molar refractivity (Wildman–Crippen MR) is 86.3 cm³/mol. The Morgan fingerprint density at radius 2 is 1.71 bits per heavy atom. The van der Waals surface area contributed by atoms with Crippen molar-refractivity contribution in [1.29, 1.82) is 0 Å². The molecule has 0 aliphatic carbocycles. The molecule has 1 aromatic carbocycles. The summed E-state index contributed by atoms with van der Waals surface area (Å²) >= 11 is 0. The van der Waals surface area contributed by atoms with Gasteiger partial charge in [-0.15, -0.1) is 0 Å². The van der Waals surface area contributed by atoms with E-state index in [2.05, 4.69) is 36.1 Å². The fraction of sp³-hybridized carbons (Fsp3) is 0.667. The van der Waals surface area contributed by atoms with Crippen LogP contribution < -0.4 is 0 Å². The molecule has 2 rings (SSSR count). The second-order valence-corrected chi connectivity index (χ2v) is 5.82. The first kappa shape index (κ1) is 16.5. The molecule has 1 saturated heterocycles. The summed E-state index contributed by atoms with van der Waals surface area (Å²) in [6.45, 7) is 8.71. The quantitative estimate of drug-likeness (QED) is 0.649. The molecule has 1 aliphatic heterocycles. The van der Waals surface area contributed by atoms with Crippen molar-refractivity contribution in [3.8, 4) is 0 Å². The van der Waals surface area contributed by atoms with Crippen molar-refractivity contribution in [3.63, 3.8) is 0 Å². The fourth-order valence-electron chi connectivity index (χ4n) is 2.58. The first-order valence-electron chi connectivity index (χ1n) is 8.34. The normalized spacial score (nSPS) is 16.2. The number of ether oxygens (including phenoxy) is 2. The lowest BCUT2D eigenvalue weighted by molar-refractivity contribution is 0.0342. The Bertz CT molecular complexity index is 371. The van der Waals surface area contributed by atoms with Crippen LogP contribution in [0, 0.1) is 0 Å². The minimum Gasteiger partial charge on any atom is -0.379 e. The lowest BCUT2D eigenvalue weighted by Gasteiger charge is -2.26. The number of unbranched alkanes of at least 4 members (excludes halogenated alkanes) is 3. The van der Waals surface area contributed by atoms with Gasteiger partial charge in [0.25, 0.3) is 0 Å². The summed E-state index contributed by atoms with van der Waals surface area (Å²) in [7, 11) is 0. The van der Waals surface area contributed by atoms with Crippen molar-refractivity contribution >= 4 is 0 Å². The number of hydrogen-bond acceptors (Lipinski definition) is 3. The summed E-state index contributed by atoms with van der Waals surface area (Å²) in [5, 5.41) is 0. The molecular formula is C18H29NO2. The average molecular weight is 291 g/mol. The largest absolute Gasteiger partial charge is 0.379 e. The lowest BCUT2D eigenvalue weighted by atomic mass is 10.1. The van der Waals surface area contributed by atoms with Crippen LogP contribution in [-0.2, 0) is 22.6 Å². The molecule has 21 heavy (non-hydrogen) atoms. The summed E-state index contributed by atoms with van der Waals surface area (Å²) in [6.07, 6.45) is 5.07. The van der Waals surface area contributed by atoms with E-state index in [4.69, 9.17) is 9.47 Å². The van der Waals surface area contributed by atoms with Crippen LogP contribution in [0.15, 0.2) is 24.3 Å². The molecule has 0 N–H and O–H groups in total. The van der Waals surface area contributed by atoms with E-state index in [0.29, 0.717) is 0 Å². The second kappa shape index (κ2) is 9.93. The number of morpholine rings is 1. The summed E-state index contributed by atoms with van der Waals surface area (Å²) < 4.78 is 11.1. The molecule has 1 fully saturated rings. The zero-order chi connectivity index (χ0) is 14.8. The van der Waals surface area contributed by atoms with Crippen molar-refractivity contribution in [1.82, 2.24) is 4.90 Å². The van der Waals surface area contributed by atoms with Gasteiger partial charge in [0.05, 0.1) is 19.8 Å². The maximum Gasteiger partial charge on any atom is 0.0716 e. The lowest BCUT2D eigenvalue weighted by Crippen LogP contribution is -2.35. The Hall–Kier alpha value is -0.900. The van der Waals surface area contributed by atoms with Crippen LogP contribution in [0.2, 0.25) is 0 Å². The standard InChI is InChI=1S/C18H29NO2/c1-2-3-4-5-12-21-16-18-8-6-17(7-9-18)15-19-10-13-20-14-11-19/h6-9H,2-5,10-16H2,1H3. The van der Waals surface area contributed by atoms with Crippen LogP contribution in [0.1, 0.15) is 43.7 Å². The number of nitrogens with zero attached hydrogens (tertiary/aromatic N) is 1. The van der Waals surface area contributed by atoms with E-state index in [0.717, 1.165) is 46.1 Å². The molecule has 0 radical (unpaired) electrons. The van der Waals surface area contributed by atoms with Gasteiger partial charge in [-0.2, -0.15) is 0 Å². The molecule has 0 atom stereocenters. The van der Waals surface area contributed by atoms with Gasteiger partial charge in [-0.1, -0.05) is 50.5 Å². The minimum absolute atomic E-state index is 0.740. The fourth-order valence-corrected chi connectivity index (χ4v) is 2.58. The van der Waals surface area contributed by atoms with Gasteiger partial charge in [0.2, 0.25) is 0 Å². The van der Waals surface area contributed by atoms with Gasteiger partial charge < -0.3 is 9.47 Å². The molecule has 118 valence electrons. The summed E-state index contributed by atoms with van der Waals surface area (Å²) in [4.78, 5) is 2.45. The summed E-state index contributed by atoms with van der Waals surface area (Å²) in [6, 6.07) is 8.85. The SMILES string of the molecule is CCCCCCOCc1ccc(CN2CCOCC2)cc1. The highest BCUT2D eigenvalue weighted by Gasteiger charge is 2.10. The Balaban J connectivity index is 1.64. The topological polar surface area (TPSA) is 21.7 Å². The maximum atomic E-state index is 5.73. The van der Waals surface area contributed by atoms with Crippen LogP contribution in [-0.4, -0.2) is 37.8 Å². The number of benzene rings is 1. The molecule has 3 nitrogen and oxygen atoms in total. The van der Waals surface area contributed by atoms with Gasteiger partial charge in [-0.3, -0.25) is 4.90 Å². The van der Waals surface area contributed by atoms with Crippen LogP contribution >= 0.6 is 0 Å². The molecule has 0 saturated carbocycles. The van der Waals surface area contributed by atoms with Gasteiger partial charge in [0.1, 0.15) is 0 Å². The van der Waals surface area contributed by atoms with Gasteiger partial charge in [-0.05, 0) is 17.5 Å². The summed E-state index contributed by atoms with van der Waals surface area (Å²) in [5.41, 5.74) is 2.65. The van der Waals surface area contributed by atoms with E-state index in [1.807, 2.05) is 0 Å². The van der Waals surface area contributed by atoms with E-state index in [1.54, 1.807) is 0 Å². The minimum atomic E-state index is 0.740. The van der Waals surface area contributed by atoms with E-state index in [-0.39, 0.29) is 0 Å². The van der Waals surface area contributed by atoms with Crippen molar-refractivity contribution in [3.05, 3.63) is 35.4 Å². The molecule has 1 aliphatic rings. The van der Waals surface area contributed by atoms with Gasteiger partial charge in [0.15, 0.2) is 0 Å². The number of rotatable bonds is 9. The Morgan fingerprint density at radius 3 is 2.43 bits per heavy atom. The van der Waals surface area contributed by atoms with Crippen LogP contribution in [0.5, 0.6) is 0 Å². The van der Waals surface area contributed by atoms with Gasteiger partial charge in [-0.25, -0.2) is 0 Å². The van der Waals surface area contributed by atoms with Gasteiger partial charge >= 0.3 is 0 Å². The molecule has 0 bridgehead atoms. The average Bonchev–Trinajstić information content (AvgIpc) is 2.53. The van der Waals surface area contributed by atoms with Crippen molar-refractivity contribution in [2.75, 3.05) is 32.9 Å². The van der Waals surface area contributed by atoms with Crippen LogP contribution in [0.3, 0.4) is 0 Å². The van der Waals surface area contributed by atoms with E-state index < -0.39 is 0 Å². The highest BCUT2D eigenvalue weighted by Crippen LogP contribution is 2.10. The third-order valence-corrected chi connectivity index (χ3v) is 3.94. The third-order valence-electron chi connectivity index (χ3n) is 3.94. The Kier molecular flexibility index (Phi) is 7.79. The smallest absolute Gasteiger partial charge is 0.0716 e. The van der Waals surface area contributed by atoms with Crippen molar-refractivity contribution in [2.24, 2.45) is 0 Å². The van der Waals surface area contributed by atoms with Crippen molar-refractivity contribution < 1.29 is 9.47 Å². The monoisotopic (exact) mass is 291 g/mol. The highest BCUT2D eigenvalue weighted by atomic mass is 16.5. The third kappa shape index (κ3) is 6.60. The van der Waals surface area contributed by atoms with Gasteiger partial charge in [0, 0.05) is 26.2 Å². The molecule has 0 spiro atoms. The van der Waals surface area contributed by atoms with E-state index >= 15 is 0 Å². The molecule has 1 heterocycles. The van der Waals surface area contributed by atoms with Crippen LogP contribution in [0.25, 0.3) is 0 Å². The zero-order valence-electron chi connectivity index (χ0n) is 13.4. The molecule has 0 amide bonds. The molecular weight excluding hydrogens is 262 g/mol. The molecule has 1 aromatic rings. The second-order valence-electron chi connectivity index (χ2n) is 5.82. The highest BCUT2D eigenvalue weighted by molar-refractivity contribution is 5.22. The van der Waals surface area contributed by atoms with E-state index in [1.165, 1.54) is 36.8 Å². The number of hydrogen-bond donors (Lipinski definition) is 0. The first-order chi connectivity index (χ1) is 10.4. The molecule has 0 unspecified atom stereocenters. The summed E-state index contributed by atoms with van der Waals surface area (Å²) in [5.74, 6) is 0. The van der Waals surface area contributed by atoms with Crippen LogP contribution in [0.4, 0.5) is 0 Å². The first-order valence-corrected chi connectivity index (χ1v) is 8.34. The molecule has 3 heteroatoms. The zero-order valence-corrected chi connectivity index (χ0v) is 13.4. The maximum absolute atomic E-state index is 5.73. The Labute approximate surface area is 129 Å².